The first kappa shape index (κ1) is 21.9. The third-order valence-electron chi connectivity index (χ3n) is 6.32. The fraction of sp³-hybridized carbons (Fsp3) is 0.304. The lowest BCUT2D eigenvalue weighted by Gasteiger charge is -2.29. The number of imide groups is 1. The number of rotatable bonds is 2. The molecule has 0 bridgehead atoms. The molecule has 0 spiro atoms. The molecule has 1 atom stereocenters. The number of fused-ring (bicyclic) bond motifs is 2. The molecule has 3 heterocycles. The van der Waals surface area contributed by atoms with E-state index in [9.17, 15) is 32.3 Å². The van der Waals surface area contributed by atoms with Gasteiger partial charge in [-0.3, -0.25) is 24.6 Å². The van der Waals surface area contributed by atoms with Gasteiger partial charge in [0.05, 0.1) is 5.56 Å². The highest BCUT2D eigenvalue weighted by atomic mass is 19.4. The van der Waals surface area contributed by atoms with Crippen molar-refractivity contribution in [2.75, 3.05) is 16.8 Å². The van der Waals surface area contributed by atoms with E-state index in [4.69, 9.17) is 0 Å². The lowest BCUT2D eigenvalue weighted by molar-refractivity contribution is -0.138. The van der Waals surface area contributed by atoms with Crippen molar-refractivity contribution in [3.8, 4) is 0 Å². The summed E-state index contributed by atoms with van der Waals surface area (Å²) in [5, 5.41) is 4.98. The van der Waals surface area contributed by atoms with E-state index in [0.717, 1.165) is 12.1 Å². The predicted octanol–water partition coefficient (Wildman–Crippen LogP) is 3.06. The van der Waals surface area contributed by atoms with Gasteiger partial charge in [-0.25, -0.2) is 4.79 Å². The van der Waals surface area contributed by atoms with Crippen molar-refractivity contribution in [2.24, 2.45) is 0 Å². The Bertz CT molecular complexity index is 1240. The number of benzene rings is 2. The third-order valence-corrected chi connectivity index (χ3v) is 6.32. The van der Waals surface area contributed by atoms with Crippen LogP contribution in [0, 0.1) is 0 Å². The number of piperidine rings is 1. The molecule has 1 fully saturated rings. The number of anilines is 2. The Balaban J connectivity index is 1.30. The van der Waals surface area contributed by atoms with Crippen molar-refractivity contribution in [2.45, 2.75) is 38.0 Å². The molecule has 2 aromatic carbocycles. The van der Waals surface area contributed by atoms with Crippen LogP contribution < -0.4 is 15.5 Å². The van der Waals surface area contributed by atoms with Gasteiger partial charge in [0.15, 0.2) is 0 Å². The van der Waals surface area contributed by atoms with Gasteiger partial charge in [0.25, 0.3) is 5.91 Å². The number of amides is 5. The van der Waals surface area contributed by atoms with Crippen LogP contribution in [0.2, 0.25) is 0 Å². The van der Waals surface area contributed by atoms with Gasteiger partial charge in [0, 0.05) is 36.4 Å². The van der Waals surface area contributed by atoms with Crippen LogP contribution in [-0.2, 0) is 28.7 Å². The molecule has 1 saturated heterocycles. The van der Waals surface area contributed by atoms with E-state index in [2.05, 4.69) is 10.6 Å². The number of urea groups is 1. The summed E-state index contributed by atoms with van der Waals surface area (Å²) < 4.78 is 38.9. The van der Waals surface area contributed by atoms with Gasteiger partial charge in [0.2, 0.25) is 11.8 Å². The number of hydrogen-bond donors (Lipinski definition) is 2. The molecule has 0 aliphatic carbocycles. The number of carbonyl (C=O) groups is 4. The first-order valence-electron chi connectivity index (χ1n) is 10.7. The summed E-state index contributed by atoms with van der Waals surface area (Å²) in [6.45, 7) is 0.409. The van der Waals surface area contributed by atoms with Crippen LogP contribution in [0.5, 0.6) is 0 Å². The SMILES string of the molecule is O=C1CCC(N2Cc3cc(NC(=O)N4CCc5cc(C(F)(F)F)ccc54)ccc3C2=O)C(=O)N1. The van der Waals surface area contributed by atoms with E-state index in [-0.39, 0.29) is 37.7 Å². The van der Waals surface area contributed by atoms with Crippen LogP contribution in [0.15, 0.2) is 36.4 Å². The number of carbonyl (C=O) groups excluding carboxylic acids is 4. The minimum atomic E-state index is -4.45. The van der Waals surface area contributed by atoms with Gasteiger partial charge in [0.1, 0.15) is 6.04 Å². The molecule has 0 radical (unpaired) electrons. The maximum absolute atomic E-state index is 13.0. The summed E-state index contributed by atoms with van der Waals surface area (Å²) in [7, 11) is 0. The molecule has 11 heteroatoms. The highest BCUT2D eigenvalue weighted by Gasteiger charge is 2.39. The van der Waals surface area contributed by atoms with E-state index in [0.29, 0.717) is 34.5 Å². The molecular weight excluding hydrogens is 453 g/mol. The molecular formula is C23H19F3N4O4. The molecule has 0 saturated carbocycles. The summed E-state index contributed by atoms with van der Waals surface area (Å²) in [5.74, 6) is -1.20. The first-order valence-corrected chi connectivity index (χ1v) is 10.7. The zero-order valence-electron chi connectivity index (χ0n) is 17.7. The zero-order chi connectivity index (χ0) is 24.2. The molecule has 176 valence electrons. The fourth-order valence-electron chi connectivity index (χ4n) is 4.63. The molecule has 2 aromatic rings. The average molecular weight is 472 g/mol. The summed E-state index contributed by atoms with van der Waals surface area (Å²) in [6, 6.07) is 6.84. The minimum Gasteiger partial charge on any atom is -0.322 e. The Morgan fingerprint density at radius 2 is 1.82 bits per heavy atom. The van der Waals surface area contributed by atoms with Crippen LogP contribution in [0.25, 0.3) is 0 Å². The summed E-state index contributed by atoms with van der Waals surface area (Å²) in [4.78, 5) is 52.0. The second-order valence-corrected chi connectivity index (χ2v) is 8.44. The summed E-state index contributed by atoms with van der Waals surface area (Å²) >= 11 is 0. The Kier molecular flexibility index (Phi) is 5.07. The lowest BCUT2D eigenvalue weighted by Crippen LogP contribution is -2.52. The van der Waals surface area contributed by atoms with Crippen LogP contribution in [0.4, 0.5) is 29.3 Å². The highest BCUT2D eigenvalue weighted by molar-refractivity contribution is 6.06. The van der Waals surface area contributed by atoms with Crippen molar-refractivity contribution in [1.82, 2.24) is 10.2 Å². The molecule has 34 heavy (non-hydrogen) atoms. The van der Waals surface area contributed by atoms with Crippen molar-refractivity contribution in [1.29, 1.82) is 0 Å². The number of alkyl halides is 3. The largest absolute Gasteiger partial charge is 0.416 e. The summed E-state index contributed by atoms with van der Waals surface area (Å²) in [6.07, 6.45) is -3.74. The highest BCUT2D eigenvalue weighted by Crippen LogP contribution is 2.36. The monoisotopic (exact) mass is 472 g/mol. The second-order valence-electron chi connectivity index (χ2n) is 8.44. The molecule has 3 aliphatic rings. The van der Waals surface area contributed by atoms with Gasteiger partial charge in [-0.1, -0.05) is 0 Å². The molecule has 0 aromatic heterocycles. The Labute approximate surface area is 191 Å². The van der Waals surface area contributed by atoms with Crippen molar-refractivity contribution < 1.29 is 32.3 Å². The van der Waals surface area contributed by atoms with Crippen molar-refractivity contribution in [3.05, 3.63) is 58.7 Å². The van der Waals surface area contributed by atoms with Crippen LogP contribution >= 0.6 is 0 Å². The van der Waals surface area contributed by atoms with E-state index < -0.39 is 29.7 Å². The molecule has 2 N–H and O–H groups in total. The summed E-state index contributed by atoms with van der Waals surface area (Å²) in [5.41, 5.74) is 1.58. The number of hydrogen-bond acceptors (Lipinski definition) is 4. The molecule has 5 amide bonds. The van der Waals surface area contributed by atoms with Crippen LogP contribution in [0.1, 0.15) is 39.9 Å². The van der Waals surface area contributed by atoms with E-state index in [1.54, 1.807) is 18.2 Å². The predicted molar refractivity (Wildman–Crippen MR) is 114 cm³/mol. The molecule has 3 aliphatic heterocycles. The fourth-order valence-corrected chi connectivity index (χ4v) is 4.63. The van der Waals surface area contributed by atoms with Gasteiger partial charge in [-0.2, -0.15) is 13.2 Å². The number of halogens is 3. The topological polar surface area (TPSA) is 98.8 Å². The van der Waals surface area contributed by atoms with Crippen LogP contribution in [-0.4, -0.2) is 41.2 Å². The third kappa shape index (κ3) is 3.76. The van der Waals surface area contributed by atoms with Gasteiger partial charge < -0.3 is 10.2 Å². The van der Waals surface area contributed by atoms with E-state index in [1.807, 2.05) is 0 Å². The van der Waals surface area contributed by atoms with Crippen molar-refractivity contribution >= 4 is 35.1 Å². The second kappa shape index (κ2) is 7.86. The quantitative estimate of drug-likeness (QED) is 0.657. The maximum Gasteiger partial charge on any atom is 0.416 e. The standard InChI is InChI=1S/C23H19F3N4O4/c24-23(25,26)14-1-4-17-12(9-14)7-8-29(17)22(34)27-15-2-3-16-13(10-15)11-30(21(16)33)18-5-6-19(31)28-20(18)32/h1-4,9-10,18H,5-8,11H2,(H,27,34)(H,28,31,32). The van der Waals surface area contributed by atoms with E-state index >= 15 is 0 Å². The Hall–Kier alpha value is -3.89. The normalized spacial score (nSPS) is 19.7. The number of nitrogens with one attached hydrogen (secondary N) is 2. The molecule has 5 rings (SSSR count). The van der Waals surface area contributed by atoms with Crippen LogP contribution in [0.3, 0.4) is 0 Å². The van der Waals surface area contributed by atoms with E-state index in [1.165, 1.54) is 15.9 Å². The first-order chi connectivity index (χ1) is 16.1. The Morgan fingerprint density at radius 1 is 1.03 bits per heavy atom. The van der Waals surface area contributed by atoms with Gasteiger partial charge >= 0.3 is 12.2 Å². The van der Waals surface area contributed by atoms with Gasteiger partial charge in [-0.05, 0) is 60.4 Å². The molecule has 8 nitrogen and oxygen atoms in total. The minimum absolute atomic E-state index is 0.152. The van der Waals surface area contributed by atoms with Gasteiger partial charge in [-0.15, -0.1) is 0 Å². The number of nitrogens with zero attached hydrogens (tertiary/aromatic N) is 2. The lowest BCUT2D eigenvalue weighted by atomic mass is 10.0. The maximum atomic E-state index is 13.0. The van der Waals surface area contributed by atoms with Crippen molar-refractivity contribution in [3.63, 3.8) is 0 Å². The average Bonchev–Trinajstić information content (AvgIpc) is 3.34. The Morgan fingerprint density at radius 3 is 2.56 bits per heavy atom. The molecule has 1 unspecified atom stereocenters. The zero-order valence-corrected chi connectivity index (χ0v) is 17.7. The smallest absolute Gasteiger partial charge is 0.322 e.